The Morgan fingerprint density at radius 2 is 2.25 bits per heavy atom. The molecule has 1 aliphatic heterocycles. The Morgan fingerprint density at radius 1 is 1.46 bits per heavy atom. The van der Waals surface area contributed by atoms with Crippen molar-refractivity contribution < 1.29 is 4.21 Å². The lowest BCUT2D eigenvalue weighted by atomic mass is 9.88. The average molecular weight is 347 g/mol. The van der Waals surface area contributed by atoms with Gasteiger partial charge in [0, 0.05) is 24.7 Å². The summed E-state index contributed by atoms with van der Waals surface area (Å²) in [5, 5.41) is 6.39. The summed E-state index contributed by atoms with van der Waals surface area (Å²) in [6, 6.07) is 7.49. The molecule has 1 aliphatic carbocycles. The minimum atomic E-state index is -1.39. The maximum Gasteiger partial charge on any atom is 0.227 e. The van der Waals surface area contributed by atoms with Crippen molar-refractivity contribution in [1.29, 1.82) is 0 Å². The average Bonchev–Trinajstić information content (AvgIpc) is 3.24. The molecule has 3 N–H and O–H groups in total. The molecule has 1 aromatic carbocycles. The zero-order chi connectivity index (χ0) is 17.0. The van der Waals surface area contributed by atoms with Crippen LogP contribution in [0.15, 0.2) is 39.3 Å². The fourth-order valence-corrected chi connectivity index (χ4v) is 4.23. The van der Waals surface area contributed by atoms with E-state index in [1.807, 2.05) is 36.2 Å². The fraction of sp³-hybridized carbons (Fsp3) is 0.529. The first-order chi connectivity index (χ1) is 11.7. The van der Waals surface area contributed by atoms with Crippen molar-refractivity contribution in [2.45, 2.75) is 44.0 Å². The van der Waals surface area contributed by atoms with Gasteiger partial charge in [-0.1, -0.05) is 25.0 Å². The molecular formula is C17H25N5OS. The number of guanidine groups is 1. The summed E-state index contributed by atoms with van der Waals surface area (Å²) in [6.45, 7) is 3.82. The number of nitrogens with two attached hydrogens (primary N) is 1. The van der Waals surface area contributed by atoms with Crippen LogP contribution in [0, 0.1) is 5.41 Å². The van der Waals surface area contributed by atoms with E-state index in [0.717, 1.165) is 12.1 Å². The predicted octanol–water partition coefficient (Wildman–Crippen LogP) is 2.00. The highest BCUT2D eigenvalue weighted by molar-refractivity contribution is 7.83. The Hall–Kier alpha value is -1.73. The van der Waals surface area contributed by atoms with Gasteiger partial charge < -0.3 is 5.73 Å². The van der Waals surface area contributed by atoms with Crippen LogP contribution in [0.2, 0.25) is 0 Å². The Labute approximate surface area is 145 Å². The van der Waals surface area contributed by atoms with Crippen molar-refractivity contribution in [3.05, 3.63) is 29.8 Å². The first-order valence-electron chi connectivity index (χ1n) is 8.50. The van der Waals surface area contributed by atoms with E-state index in [1.54, 1.807) is 0 Å². The van der Waals surface area contributed by atoms with Crippen LogP contribution >= 0.6 is 0 Å². The molecule has 6 nitrogen and oxygen atoms in total. The lowest BCUT2D eigenvalue weighted by Crippen LogP contribution is -2.41. The molecule has 0 aromatic heterocycles. The largest absolute Gasteiger partial charge is 0.326 e. The summed E-state index contributed by atoms with van der Waals surface area (Å²) in [6.07, 6.45) is 6.92. The Bertz CT molecular complexity index is 667. The molecule has 7 heteroatoms. The van der Waals surface area contributed by atoms with E-state index in [-0.39, 0.29) is 5.41 Å². The predicted molar refractivity (Wildman–Crippen MR) is 98.0 cm³/mol. The standard InChI is InChI=1S/C17H25N5OS/c1-2-19-16(22-13-17(12-20-22)8-3-4-9-17)21-24(23)15-7-5-6-14(10-15)11-18/h5-7,10,12H,2-4,8-9,11,13,18H2,1H3,(H,19,21). The lowest BCUT2D eigenvalue weighted by Gasteiger charge is -2.23. The zero-order valence-corrected chi connectivity index (χ0v) is 14.9. The number of hydrogen-bond donors (Lipinski definition) is 2. The van der Waals surface area contributed by atoms with Crippen LogP contribution in [0.25, 0.3) is 0 Å². The molecule has 1 heterocycles. The second kappa shape index (κ2) is 7.44. The van der Waals surface area contributed by atoms with Gasteiger partial charge in [-0.25, -0.2) is 9.22 Å². The van der Waals surface area contributed by atoms with Gasteiger partial charge >= 0.3 is 0 Å². The van der Waals surface area contributed by atoms with Gasteiger partial charge in [-0.2, -0.15) is 5.10 Å². The molecule has 1 aromatic rings. The summed E-state index contributed by atoms with van der Waals surface area (Å²) in [4.78, 5) is 5.16. The van der Waals surface area contributed by atoms with E-state index < -0.39 is 11.0 Å². The van der Waals surface area contributed by atoms with Gasteiger partial charge in [0.1, 0.15) is 0 Å². The molecule has 1 fully saturated rings. The van der Waals surface area contributed by atoms with Gasteiger partial charge in [0.25, 0.3) is 0 Å². The van der Waals surface area contributed by atoms with Crippen LogP contribution in [-0.4, -0.2) is 34.5 Å². The van der Waals surface area contributed by atoms with Gasteiger partial charge in [0.2, 0.25) is 5.96 Å². The summed E-state index contributed by atoms with van der Waals surface area (Å²) >= 11 is 0. The van der Waals surface area contributed by atoms with Crippen molar-refractivity contribution >= 4 is 23.2 Å². The molecule has 0 radical (unpaired) electrons. The van der Waals surface area contributed by atoms with Gasteiger partial charge in [-0.15, -0.1) is 0 Å². The van der Waals surface area contributed by atoms with Crippen molar-refractivity contribution in [2.24, 2.45) is 21.2 Å². The second-order valence-electron chi connectivity index (χ2n) is 6.39. The molecule has 0 saturated heterocycles. The molecule has 1 atom stereocenters. The number of nitrogens with one attached hydrogen (secondary N) is 1. The van der Waals surface area contributed by atoms with Crippen LogP contribution < -0.4 is 10.5 Å². The Morgan fingerprint density at radius 3 is 2.96 bits per heavy atom. The van der Waals surface area contributed by atoms with Crippen molar-refractivity contribution in [1.82, 2.24) is 9.73 Å². The van der Waals surface area contributed by atoms with Crippen molar-refractivity contribution in [2.75, 3.05) is 13.1 Å². The molecule has 2 aliphatic rings. The number of nitrogens with zero attached hydrogens (tertiary/aromatic N) is 3. The topological polar surface area (TPSA) is 83.1 Å². The molecule has 0 amide bonds. The Kier molecular flexibility index (Phi) is 5.30. The summed E-state index contributed by atoms with van der Waals surface area (Å²) in [5.74, 6) is 0.578. The molecule has 1 unspecified atom stereocenters. The van der Waals surface area contributed by atoms with E-state index in [1.165, 1.54) is 25.7 Å². The lowest BCUT2D eigenvalue weighted by molar-refractivity contribution is 0.342. The van der Waals surface area contributed by atoms with E-state index >= 15 is 0 Å². The van der Waals surface area contributed by atoms with Gasteiger partial charge in [0.05, 0.1) is 11.4 Å². The van der Waals surface area contributed by atoms with Crippen molar-refractivity contribution in [3.8, 4) is 0 Å². The quantitative estimate of drug-likeness (QED) is 0.645. The van der Waals surface area contributed by atoms with E-state index in [2.05, 4.69) is 21.0 Å². The minimum Gasteiger partial charge on any atom is -0.326 e. The first-order valence-corrected chi connectivity index (χ1v) is 9.65. The Balaban J connectivity index is 1.71. The highest BCUT2D eigenvalue weighted by Crippen LogP contribution is 2.39. The summed E-state index contributed by atoms with van der Waals surface area (Å²) in [7, 11) is -1.39. The normalized spacial score (nSPS) is 20.8. The van der Waals surface area contributed by atoms with Gasteiger partial charge in [-0.3, -0.25) is 9.71 Å². The molecule has 1 spiro atoms. The monoisotopic (exact) mass is 347 g/mol. The van der Waals surface area contributed by atoms with E-state index in [9.17, 15) is 4.21 Å². The van der Waals surface area contributed by atoms with Crippen LogP contribution in [-0.2, 0) is 17.5 Å². The van der Waals surface area contributed by atoms with Crippen LogP contribution in [0.3, 0.4) is 0 Å². The van der Waals surface area contributed by atoms with Crippen molar-refractivity contribution in [3.63, 3.8) is 0 Å². The number of benzene rings is 1. The molecule has 24 heavy (non-hydrogen) atoms. The molecule has 3 rings (SSSR count). The first kappa shape index (κ1) is 17.1. The number of hydrazone groups is 1. The number of aliphatic imine (C=N–C) groups is 1. The molecule has 0 bridgehead atoms. The third-order valence-electron chi connectivity index (χ3n) is 4.62. The minimum absolute atomic E-state index is 0.178. The van der Waals surface area contributed by atoms with Gasteiger partial charge in [0.15, 0.2) is 11.0 Å². The highest BCUT2D eigenvalue weighted by Gasteiger charge is 2.39. The van der Waals surface area contributed by atoms with Crippen LogP contribution in [0.4, 0.5) is 0 Å². The molecular weight excluding hydrogens is 322 g/mol. The van der Waals surface area contributed by atoms with E-state index in [0.29, 0.717) is 23.9 Å². The third kappa shape index (κ3) is 3.67. The fourth-order valence-electron chi connectivity index (χ4n) is 3.31. The van der Waals surface area contributed by atoms with Gasteiger partial charge in [-0.05, 0) is 37.5 Å². The molecule has 1 saturated carbocycles. The van der Waals surface area contributed by atoms with Crippen LogP contribution in [0.1, 0.15) is 38.2 Å². The second-order valence-corrected chi connectivity index (χ2v) is 7.60. The number of rotatable bonds is 4. The van der Waals surface area contributed by atoms with Crippen LogP contribution in [0.5, 0.6) is 0 Å². The smallest absolute Gasteiger partial charge is 0.227 e. The maximum atomic E-state index is 12.7. The maximum absolute atomic E-state index is 12.7. The SMILES string of the molecule is CCN=C(NS(=O)c1cccc(CN)c1)N1CC2(C=N1)CCCC2. The molecule has 130 valence electrons. The van der Waals surface area contributed by atoms with E-state index in [4.69, 9.17) is 5.73 Å². The zero-order valence-electron chi connectivity index (χ0n) is 14.1. The summed E-state index contributed by atoms with van der Waals surface area (Å²) < 4.78 is 15.7. The third-order valence-corrected chi connectivity index (χ3v) is 5.67. The number of hydrogen-bond acceptors (Lipinski definition) is 4. The summed E-state index contributed by atoms with van der Waals surface area (Å²) in [5.41, 5.74) is 6.80. The highest BCUT2D eigenvalue weighted by atomic mass is 32.2.